The van der Waals surface area contributed by atoms with Crippen LogP contribution in [0.25, 0.3) is 0 Å². The number of aliphatic hydroxyl groups excluding tert-OH is 2. The van der Waals surface area contributed by atoms with Crippen molar-refractivity contribution < 1.29 is 38.9 Å². The zero-order valence-corrected chi connectivity index (χ0v) is 9.90. The fourth-order valence-electron chi connectivity index (χ4n) is 0.712. The number of methoxy groups -OCH3 is 2. The van der Waals surface area contributed by atoms with Crippen LogP contribution in [0.2, 0.25) is 0 Å². The fourth-order valence-corrected chi connectivity index (χ4v) is 0.712. The summed E-state index contributed by atoms with van der Waals surface area (Å²) in [6.07, 6.45) is -0.772. The molecule has 0 aliphatic carbocycles. The van der Waals surface area contributed by atoms with Crippen molar-refractivity contribution in [3.63, 3.8) is 0 Å². The first-order chi connectivity index (χ1) is 8.28. The Hall–Kier alpha value is -0.360. The van der Waals surface area contributed by atoms with E-state index in [0.29, 0.717) is 5.39 Å². The van der Waals surface area contributed by atoms with Crippen molar-refractivity contribution in [3.8, 4) is 0 Å². The Morgan fingerprint density at radius 3 is 2.41 bits per heavy atom. The molecule has 1 atom stereocenters. The molecule has 0 aromatic rings. The van der Waals surface area contributed by atoms with E-state index in [1.54, 1.807) is 0 Å². The predicted molar refractivity (Wildman–Crippen MR) is 52.8 cm³/mol. The second-order valence-corrected chi connectivity index (χ2v) is 2.57. The first-order valence-corrected chi connectivity index (χ1v) is 4.82. The predicted octanol–water partition coefficient (Wildman–Crippen LogP) is -1.38. The zero-order chi connectivity index (χ0) is 12.9. The van der Waals surface area contributed by atoms with Gasteiger partial charge in [0.25, 0.3) is 0 Å². The average Bonchev–Trinajstić information content (AvgIpc) is 2.36. The van der Waals surface area contributed by atoms with E-state index in [4.69, 9.17) is 34.2 Å². The number of nitrogens with zero attached hydrogens (tertiary/aromatic N) is 1. The standard InChI is InChI=1S/C8H19NO8/c1-12-7-17-9(15-4-3-10)16-5-8(13-2)14-6-11/h8,10-11H,3-7H2,1-2H3. The zero-order valence-electron chi connectivity index (χ0n) is 9.90. The van der Waals surface area contributed by atoms with Gasteiger partial charge in [0.05, 0.1) is 18.6 Å². The molecule has 9 heteroatoms. The van der Waals surface area contributed by atoms with Crippen LogP contribution in [0.1, 0.15) is 0 Å². The van der Waals surface area contributed by atoms with Crippen LogP contribution in [0.3, 0.4) is 0 Å². The van der Waals surface area contributed by atoms with Gasteiger partial charge >= 0.3 is 0 Å². The summed E-state index contributed by atoms with van der Waals surface area (Å²) in [5.41, 5.74) is 0. The van der Waals surface area contributed by atoms with Gasteiger partial charge < -0.3 is 24.4 Å². The van der Waals surface area contributed by atoms with Crippen molar-refractivity contribution >= 4 is 0 Å². The van der Waals surface area contributed by atoms with E-state index in [2.05, 4.69) is 4.74 Å². The van der Waals surface area contributed by atoms with Gasteiger partial charge in [-0.2, -0.15) is 0 Å². The molecule has 0 aromatic carbocycles. The van der Waals surface area contributed by atoms with Gasteiger partial charge in [-0.25, -0.2) is 14.5 Å². The van der Waals surface area contributed by atoms with E-state index >= 15 is 0 Å². The lowest BCUT2D eigenvalue weighted by Gasteiger charge is -2.21. The molecular weight excluding hydrogens is 238 g/mol. The molecule has 0 spiro atoms. The lowest BCUT2D eigenvalue weighted by Crippen LogP contribution is -2.32. The molecule has 0 radical (unpaired) electrons. The normalized spacial score (nSPS) is 13.2. The van der Waals surface area contributed by atoms with Crippen molar-refractivity contribution in [3.05, 3.63) is 0 Å². The highest BCUT2D eigenvalue weighted by atomic mass is 17.2. The Labute approximate surface area is 99.2 Å². The minimum atomic E-state index is -0.772. The first kappa shape index (κ1) is 16.6. The molecule has 1 unspecified atom stereocenters. The molecule has 17 heavy (non-hydrogen) atoms. The average molecular weight is 257 g/mol. The van der Waals surface area contributed by atoms with Crippen LogP contribution in [0.4, 0.5) is 0 Å². The summed E-state index contributed by atoms with van der Waals surface area (Å²) in [4.78, 5) is 14.7. The molecule has 0 saturated heterocycles. The van der Waals surface area contributed by atoms with Gasteiger partial charge in [0, 0.05) is 14.2 Å². The number of aliphatic hydroxyl groups is 2. The first-order valence-electron chi connectivity index (χ1n) is 4.82. The minimum Gasteiger partial charge on any atom is -0.394 e. The summed E-state index contributed by atoms with van der Waals surface area (Å²) in [6.45, 7) is -0.881. The second-order valence-electron chi connectivity index (χ2n) is 2.57. The molecule has 0 amide bonds. The maximum absolute atomic E-state index is 8.57. The SMILES string of the molecule is COCON(OCCO)OCC(OC)OCO. The van der Waals surface area contributed by atoms with Crippen LogP contribution in [0.15, 0.2) is 0 Å². The van der Waals surface area contributed by atoms with Gasteiger partial charge in [-0.3, -0.25) is 0 Å². The largest absolute Gasteiger partial charge is 0.394 e. The van der Waals surface area contributed by atoms with Crippen LogP contribution >= 0.6 is 0 Å². The fraction of sp³-hybridized carbons (Fsp3) is 1.00. The number of hydrogen-bond acceptors (Lipinski definition) is 9. The lowest BCUT2D eigenvalue weighted by atomic mass is 10.7. The Morgan fingerprint density at radius 2 is 1.88 bits per heavy atom. The minimum absolute atomic E-state index is 0.0117. The third-order valence-corrected chi connectivity index (χ3v) is 1.40. The summed E-state index contributed by atoms with van der Waals surface area (Å²) in [7, 11) is 2.82. The van der Waals surface area contributed by atoms with Crippen molar-refractivity contribution in [2.75, 3.05) is 47.6 Å². The van der Waals surface area contributed by atoms with Crippen LogP contribution in [-0.2, 0) is 28.7 Å². The summed E-state index contributed by atoms with van der Waals surface area (Å²) in [5, 5.41) is 17.8. The van der Waals surface area contributed by atoms with Crippen LogP contribution in [0.5, 0.6) is 0 Å². The second kappa shape index (κ2) is 12.1. The smallest absolute Gasteiger partial charge is 0.185 e. The molecule has 104 valence electrons. The van der Waals surface area contributed by atoms with Crippen molar-refractivity contribution in [1.29, 1.82) is 0 Å². The van der Waals surface area contributed by atoms with Crippen LogP contribution in [0, 0.1) is 0 Å². The van der Waals surface area contributed by atoms with E-state index in [9.17, 15) is 0 Å². The Kier molecular flexibility index (Phi) is 11.8. The molecule has 0 rings (SSSR count). The topological polar surface area (TPSA) is 99.1 Å². The summed E-state index contributed by atoms with van der Waals surface area (Å²) in [6, 6.07) is 0. The third kappa shape index (κ3) is 9.35. The van der Waals surface area contributed by atoms with E-state index in [0.717, 1.165) is 0 Å². The highest BCUT2D eigenvalue weighted by Crippen LogP contribution is 1.99. The number of rotatable bonds is 12. The molecule has 0 saturated carbocycles. The lowest BCUT2D eigenvalue weighted by molar-refractivity contribution is -0.542. The number of ether oxygens (including phenoxy) is 3. The molecule has 9 nitrogen and oxygen atoms in total. The third-order valence-electron chi connectivity index (χ3n) is 1.40. The molecule has 0 aliphatic heterocycles. The molecule has 0 heterocycles. The van der Waals surface area contributed by atoms with Gasteiger partial charge in [0.2, 0.25) is 0 Å². The molecule has 0 fully saturated rings. The quantitative estimate of drug-likeness (QED) is 0.323. The van der Waals surface area contributed by atoms with E-state index in [1.165, 1.54) is 14.2 Å². The van der Waals surface area contributed by atoms with E-state index in [-0.39, 0.29) is 26.6 Å². The van der Waals surface area contributed by atoms with Crippen LogP contribution < -0.4 is 0 Å². The van der Waals surface area contributed by atoms with Crippen molar-refractivity contribution in [2.45, 2.75) is 6.29 Å². The van der Waals surface area contributed by atoms with Gasteiger partial charge in [0.1, 0.15) is 13.4 Å². The highest BCUT2D eigenvalue weighted by molar-refractivity contribution is 4.35. The molecule has 0 aromatic heterocycles. The van der Waals surface area contributed by atoms with Gasteiger partial charge in [0.15, 0.2) is 13.1 Å². The maximum atomic E-state index is 8.57. The van der Waals surface area contributed by atoms with Gasteiger partial charge in [-0.15, -0.1) is 0 Å². The summed E-state index contributed by atoms with van der Waals surface area (Å²) >= 11 is 0. The van der Waals surface area contributed by atoms with Gasteiger partial charge in [-0.1, -0.05) is 0 Å². The summed E-state index contributed by atoms with van der Waals surface area (Å²) in [5.74, 6) is 0. The summed E-state index contributed by atoms with van der Waals surface area (Å²) < 4.78 is 14.2. The molecular formula is C8H19NO8. The number of hydrogen-bond donors (Lipinski definition) is 2. The van der Waals surface area contributed by atoms with Crippen LogP contribution in [-0.4, -0.2) is 69.5 Å². The van der Waals surface area contributed by atoms with Gasteiger partial charge in [-0.05, 0) is 0 Å². The van der Waals surface area contributed by atoms with Crippen molar-refractivity contribution in [1.82, 2.24) is 5.39 Å². The highest BCUT2D eigenvalue weighted by Gasteiger charge is 2.13. The molecule has 2 N–H and O–H groups in total. The maximum Gasteiger partial charge on any atom is 0.185 e. The van der Waals surface area contributed by atoms with Crippen molar-refractivity contribution in [2.24, 2.45) is 0 Å². The Morgan fingerprint density at radius 1 is 1.12 bits per heavy atom. The molecule has 0 bridgehead atoms. The molecule has 0 aliphatic rings. The Balaban J connectivity index is 3.85. The van der Waals surface area contributed by atoms with E-state index < -0.39 is 13.1 Å². The monoisotopic (exact) mass is 257 g/mol. The van der Waals surface area contributed by atoms with E-state index in [1.807, 2.05) is 0 Å². The Bertz CT molecular complexity index is 152.